The first-order valence-corrected chi connectivity index (χ1v) is 7.01. The van der Waals surface area contributed by atoms with Gasteiger partial charge < -0.3 is 10.4 Å². The van der Waals surface area contributed by atoms with Crippen LogP contribution in [0, 0.1) is 0 Å². The fourth-order valence-corrected chi connectivity index (χ4v) is 2.14. The van der Waals surface area contributed by atoms with E-state index in [0.29, 0.717) is 25.1 Å². The smallest absolute Gasteiger partial charge is 0.160 e. The second-order valence-corrected chi connectivity index (χ2v) is 4.85. The summed E-state index contributed by atoms with van der Waals surface area (Å²) in [7, 11) is 0. The van der Waals surface area contributed by atoms with Crippen molar-refractivity contribution in [2.24, 2.45) is 4.99 Å². The molecule has 1 fully saturated rings. The lowest BCUT2D eigenvalue weighted by Gasteiger charge is -2.12. The average molecular weight is 272 g/mol. The Morgan fingerprint density at radius 2 is 2.05 bits per heavy atom. The minimum Gasteiger partial charge on any atom is -0.507 e. The van der Waals surface area contributed by atoms with Gasteiger partial charge >= 0.3 is 0 Å². The number of carbonyl (C=O) groups excluding carboxylic acids is 1. The lowest BCUT2D eigenvalue weighted by atomic mass is 9.94. The molecule has 1 saturated carbocycles. The number of hydrogen-bond donors (Lipinski definition) is 2. The van der Waals surface area contributed by atoms with Gasteiger partial charge in [-0.2, -0.15) is 0 Å². The van der Waals surface area contributed by atoms with Gasteiger partial charge in [-0.05, 0) is 31.4 Å². The fraction of sp³-hybridized carbons (Fsp3) is 0.375. The Morgan fingerprint density at radius 3 is 2.85 bits per heavy atom. The van der Waals surface area contributed by atoms with Crippen molar-refractivity contribution < 1.29 is 9.90 Å². The Labute approximate surface area is 119 Å². The largest absolute Gasteiger partial charge is 0.507 e. The molecule has 1 aliphatic rings. The monoisotopic (exact) mass is 272 g/mol. The van der Waals surface area contributed by atoms with Crippen molar-refractivity contribution in [3.63, 3.8) is 0 Å². The van der Waals surface area contributed by atoms with Gasteiger partial charge in [0.25, 0.3) is 0 Å². The number of rotatable bonds is 5. The van der Waals surface area contributed by atoms with Crippen molar-refractivity contribution in [2.45, 2.75) is 25.7 Å². The van der Waals surface area contributed by atoms with Gasteiger partial charge in [0.2, 0.25) is 0 Å². The third kappa shape index (κ3) is 4.23. The molecule has 0 bridgehead atoms. The molecule has 0 amide bonds. The summed E-state index contributed by atoms with van der Waals surface area (Å²) in [5.41, 5.74) is 1.62. The molecule has 2 rings (SSSR count). The molecule has 0 atom stereocenters. The van der Waals surface area contributed by atoms with Crippen LogP contribution in [0.2, 0.25) is 0 Å². The molecule has 1 aliphatic carbocycles. The zero-order valence-corrected chi connectivity index (χ0v) is 11.5. The van der Waals surface area contributed by atoms with Crippen molar-refractivity contribution in [3.05, 3.63) is 41.6 Å². The van der Waals surface area contributed by atoms with Gasteiger partial charge in [-0.25, -0.2) is 0 Å². The van der Waals surface area contributed by atoms with E-state index in [2.05, 4.69) is 10.3 Å². The zero-order chi connectivity index (χ0) is 14.2. The van der Waals surface area contributed by atoms with E-state index >= 15 is 0 Å². The molecular formula is C16H20N2O2. The fourth-order valence-electron chi connectivity index (χ4n) is 2.14. The van der Waals surface area contributed by atoms with Crippen LogP contribution in [0.15, 0.2) is 41.0 Å². The first kappa shape index (κ1) is 14.3. The van der Waals surface area contributed by atoms with Gasteiger partial charge in [0.1, 0.15) is 5.75 Å². The predicted molar refractivity (Wildman–Crippen MR) is 80.1 cm³/mol. The number of para-hydroxylation sites is 1. The number of nitrogens with one attached hydrogen (secondary N) is 1. The van der Waals surface area contributed by atoms with E-state index in [1.54, 1.807) is 18.3 Å². The minimum atomic E-state index is 0.235. The number of nitrogens with zero attached hydrogens (tertiary/aromatic N) is 1. The Balaban J connectivity index is 1.73. The molecular weight excluding hydrogens is 252 g/mol. The van der Waals surface area contributed by atoms with Crippen molar-refractivity contribution in [3.8, 4) is 5.75 Å². The van der Waals surface area contributed by atoms with Gasteiger partial charge in [-0.1, -0.05) is 12.1 Å². The summed E-state index contributed by atoms with van der Waals surface area (Å²) in [5.74, 6) is 0.501. The summed E-state index contributed by atoms with van der Waals surface area (Å²) in [6.07, 6.45) is 7.17. The first-order valence-electron chi connectivity index (χ1n) is 7.01. The van der Waals surface area contributed by atoms with E-state index in [9.17, 15) is 9.90 Å². The Hall–Kier alpha value is -2.10. The van der Waals surface area contributed by atoms with E-state index in [-0.39, 0.29) is 11.5 Å². The van der Waals surface area contributed by atoms with Gasteiger partial charge in [-0.15, -0.1) is 0 Å². The van der Waals surface area contributed by atoms with Gasteiger partial charge in [-0.3, -0.25) is 9.79 Å². The van der Waals surface area contributed by atoms with E-state index < -0.39 is 0 Å². The molecule has 0 heterocycles. The minimum absolute atomic E-state index is 0.235. The van der Waals surface area contributed by atoms with E-state index in [1.807, 2.05) is 18.3 Å². The van der Waals surface area contributed by atoms with Crippen molar-refractivity contribution in [1.29, 1.82) is 0 Å². The first-order chi connectivity index (χ1) is 9.77. The lowest BCUT2D eigenvalue weighted by molar-refractivity contribution is -0.116. The number of phenolic OH excluding ortho intramolecular Hbond substituents is 1. The normalized spacial score (nSPS) is 17.8. The molecule has 20 heavy (non-hydrogen) atoms. The highest BCUT2D eigenvalue weighted by Crippen LogP contribution is 2.18. The van der Waals surface area contributed by atoms with Crippen LogP contribution in [-0.2, 0) is 4.79 Å². The number of aromatic hydroxyl groups is 1. The third-order valence-corrected chi connectivity index (χ3v) is 3.29. The highest BCUT2D eigenvalue weighted by molar-refractivity contribution is 5.95. The van der Waals surface area contributed by atoms with Gasteiger partial charge in [0.15, 0.2) is 5.78 Å². The maximum absolute atomic E-state index is 11.6. The summed E-state index contributed by atoms with van der Waals surface area (Å²) < 4.78 is 0. The summed E-state index contributed by atoms with van der Waals surface area (Å²) in [5, 5.41) is 12.7. The zero-order valence-electron chi connectivity index (χ0n) is 11.5. The number of hydrogen-bond acceptors (Lipinski definition) is 4. The number of ketones is 1. The molecule has 0 saturated heterocycles. The van der Waals surface area contributed by atoms with Crippen LogP contribution in [0.1, 0.15) is 31.2 Å². The molecule has 4 heteroatoms. The molecule has 0 aliphatic heterocycles. The average Bonchev–Trinajstić information content (AvgIpc) is 2.46. The highest BCUT2D eigenvalue weighted by atomic mass is 16.3. The van der Waals surface area contributed by atoms with Crippen LogP contribution in [0.3, 0.4) is 0 Å². The van der Waals surface area contributed by atoms with Crippen molar-refractivity contribution >= 4 is 12.0 Å². The van der Waals surface area contributed by atoms with Crippen LogP contribution in [0.25, 0.3) is 0 Å². The van der Waals surface area contributed by atoms with Crippen molar-refractivity contribution in [1.82, 2.24) is 5.32 Å². The SMILES string of the molecule is O=C1CCCC/C1=C\NCCN=Cc1ccccc1O. The van der Waals surface area contributed by atoms with Crippen LogP contribution in [0.4, 0.5) is 0 Å². The topological polar surface area (TPSA) is 61.7 Å². The number of Topliss-reactive ketones (excluding diaryl/α,β-unsaturated/α-hetero) is 1. The third-order valence-electron chi connectivity index (χ3n) is 3.29. The molecule has 1 aromatic carbocycles. The van der Waals surface area contributed by atoms with Crippen LogP contribution in [0.5, 0.6) is 5.75 Å². The maximum atomic E-state index is 11.6. The second-order valence-electron chi connectivity index (χ2n) is 4.85. The highest BCUT2D eigenvalue weighted by Gasteiger charge is 2.13. The number of benzene rings is 1. The van der Waals surface area contributed by atoms with Crippen molar-refractivity contribution in [2.75, 3.05) is 13.1 Å². The maximum Gasteiger partial charge on any atom is 0.160 e. The molecule has 4 nitrogen and oxygen atoms in total. The molecule has 106 valence electrons. The molecule has 0 radical (unpaired) electrons. The summed E-state index contributed by atoms with van der Waals surface area (Å²) in [4.78, 5) is 15.8. The molecule has 0 aromatic heterocycles. The van der Waals surface area contributed by atoms with E-state index in [4.69, 9.17) is 0 Å². The number of carbonyl (C=O) groups is 1. The standard InChI is InChI=1S/C16H20N2O2/c19-15-7-3-1-5-13(15)11-17-9-10-18-12-14-6-2-4-8-16(14)20/h1,3,5,7,11-12,18-19H,2,4,6,8-10H2/b14-12+,17-11?. The number of allylic oxidation sites excluding steroid dienone is 1. The summed E-state index contributed by atoms with van der Waals surface area (Å²) in [6, 6.07) is 7.09. The molecule has 0 spiro atoms. The molecule has 1 aromatic rings. The van der Waals surface area contributed by atoms with Gasteiger partial charge in [0, 0.05) is 36.5 Å². The van der Waals surface area contributed by atoms with Crippen LogP contribution in [-0.4, -0.2) is 30.2 Å². The van der Waals surface area contributed by atoms with Crippen LogP contribution >= 0.6 is 0 Å². The summed E-state index contributed by atoms with van der Waals surface area (Å²) in [6.45, 7) is 1.28. The van der Waals surface area contributed by atoms with Crippen LogP contribution < -0.4 is 5.32 Å². The summed E-state index contributed by atoms with van der Waals surface area (Å²) >= 11 is 0. The Bertz CT molecular complexity index is 521. The molecule has 0 unspecified atom stereocenters. The quantitative estimate of drug-likeness (QED) is 0.491. The molecule has 2 N–H and O–H groups in total. The number of phenols is 1. The Morgan fingerprint density at radius 1 is 1.25 bits per heavy atom. The van der Waals surface area contributed by atoms with E-state index in [0.717, 1.165) is 24.8 Å². The number of aliphatic imine (C=N–C) groups is 1. The van der Waals surface area contributed by atoms with Gasteiger partial charge in [0.05, 0.1) is 6.54 Å². The predicted octanol–water partition coefficient (Wildman–Crippen LogP) is 2.43. The van der Waals surface area contributed by atoms with E-state index in [1.165, 1.54) is 0 Å². The second kappa shape index (κ2) is 7.48. The Kier molecular flexibility index (Phi) is 5.35. The lowest BCUT2D eigenvalue weighted by Crippen LogP contribution is -2.16.